The van der Waals surface area contributed by atoms with Gasteiger partial charge in [0.1, 0.15) is 15.9 Å². The second-order valence-corrected chi connectivity index (χ2v) is 9.19. The van der Waals surface area contributed by atoms with Crippen LogP contribution < -0.4 is 5.73 Å². The van der Waals surface area contributed by atoms with Crippen molar-refractivity contribution in [1.82, 2.24) is 0 Å². The van der Waals surface area contributed by atoms with Crippen molar-refractivity contribution in [3.8, 4) is 6.07 Å². The van der Waals surface area contributed by atoms with Gasteiger partial charge in [-0.25, -0.2) is 4.99 Å². The standard InChI is InChI=1S/C18H25N3S/c1-17(2,3)11-6-5-7-14-18(4,8-11)9-12-15(20)13(10-19)22-16(12)21-14/h11H,5-9,20H2,1-4H3. The molecule has 0 spiro atoms. The summed E-state index contributed by atoms with van der Waals surface area (Å²) in [6.07, 6.45) is 5.70. The fourth-order valence-corrected chi connectivity index (χ4v) is 4.94. The number of hydrogen-bond acceptors (Lipinski definition) is 4. The predicted octanol–water partition coefficient (Wildman–Crippen LogP) is 5.07. The lowest BCUT2D eigenvalue weighted by atomic mass is 9.67. The van der Waals surface area contributed by atoms with Crippen LogP contribution in [0.1, 0.15) is 63.8 Å². The van der Waals surface area contributed by atoms with Crippen LogP contribution in [0.15, 0.2) is 4.99 Å². The molecule has 2 aliphatic rings. The number of anilines is 1. The second kappa shape index (κ2) is 5.09. The summed E-state index contributed by atoms with van der Waals surface area (Å²) in [5.41, 5.74) is 9.74. The maximum atomic E-state index is 9.22. The zero-order chi connectivity index (χ0) is 16.1. The van der Waals surface area contributed by atoms with Gasteiger partial charge < -0.3 is 5.73 Å². The molecule has 1 saturated carbocycles. The van der Waals surface area contributed by atoms with E-state index in [0.29, 0.717) is 21.9 Å². The van der Waals surface area contributed by atoms with E-state index in [0.717, 1.165) is 23.4 Å². The van der Waals surface area contributed by atoms with Crippen LogP contribution in [0.2, 0.25) is 0 Å². The summed E-state index contributed by atoms with van der Waals surface area (Å²) >= 11 is 1.46. The van der Waals surface area contributed by atoms with Crippen LogP contribution in [0, 0.1) is 28.1 Å². The van der Waals surface area contributed by atoms with Gasteiger partial charge in [0.2, 0.25) is 0 Å². The summed E-state index contributed by atoms with van der Waals surface area (Å²) in [6.45, 7) is 9.40. The minimum Gasteiger partial charge on any atom is -0.397 e. The van der Waals surface area contributed by atoms with Gasteiger partial charge in [-0.2, -0.15) is 5.26 Å². The van der Waals surface area contributed by atoms with Crippen molar-refractivity contribution in [1.29, 1.82) is 5.26 Å². The summed E-state index contributed by atoms with van der Waals surface area (Å²) in [7, 11) is 0. The molecule has 22 heavy (non-hydrogen) atoms. The summed E-state index contributed by atoms with van der Waals surface area (Å²) in [5, 5.41) is 10.2. The van der Waals surface area contributed by atoms with Crippen molar-refractivity contribution in [2.45, 2.75) is 59.8 Å². The summed E-state index contributed by atoms with van der Waals surface area (Å²) in [4.78, 5) is 5.58. The Morgan fingerprint density at radius 3 is 2.77 bits per heavy atom. The van der Waals surface area contributed by atoms with E-state index < -0.39 is 0 Å². The molecule has 0 aromatic carbocycles. The van der Waals surface area contributed by atoms with Gasteiger partial charge in [0.05, 0.1) is 5.69 Å². The third-order valence-corrected chi connectivity index (χ3v) is 6.56. The molecule has 2 N–H and O–H groups in total. The Bertz CT molecular complexity index is 672. The number of rotatable bonds is 0. The monoisotopic (exact) mass is 315 g/mol. The van der Waals surface area contributed by atoms with E-state index in [2.05, 4.69) is 33.8 Å². The minimum atomic E-state index is 0.101. The molecule has 1 aromatic rings. The first-order chi connectivity index (χ1) is 10.2. The normalized spacial score (nSPS) is 28.1. The van der Waals surface area contributed by atoms with E-state index in [4.69, 9.17) is 10.7 Å². The number of hydrogen-bond donors (Lipinski definition) is 1. The van der Waals surface area contributed by atoms with Crippen molar-refractivity contribution in [3.05, 3.63) is 10.4 Å². The molecule has 2 unspecified atom stereocenters. The number of aliphatic imine (C=N–C) groups is 1. The molecule has 1 aromatic heterocycles. The highest BCUT2D eigenvalue weighted by Crippen LogP contribution is 2.51. The molecule has 1 aliphatic carbocycles. The first kappa shape index (κ1) is 15.6. The Balaban J connectivity index is 2.02. The Labute approximate surface area is 137 Å². The molecule has 0 radical (unpaired) electrons. The lowest BCUT2D eigenvalue weighted by molar-refractivity contribution is 0.174. The maximum absolute atomic E-state index is 9.22. The maximum Gasteiger partial charge on any atom is 0.130 e. The highest BCUT2D eigenvalue weighted by molar-refractivity contribution is 7.17. The first-order valence-electron chi connectivity index (χ1n) is 8.14. The Kier molecular flexibility index (Phi) is 3.60. The summed E-state index contributed by atoms with van der Waals surface area (Å²) in [5.74, 6) is 0.710. The van der Waals surface area contributed by atoms with Crippen LogP contribution in [0.4, 0.5) is 10.7 Å². The zero-order valence-corrected chi connectivity index (χ0v) is 14.8. The van der Waals surface area contributed by atoms with Gasteiger partial charge in [-0.1, -0.05) is 27.7 Å². The number of fused-ring (bicyclic) bond motifs is 2. The van der Waals surface area contributed by atoms with Gasteiger partial charge in [0.15, 0.2) is 0 Å². The molecule has 4 heteroatoms. The van der Waals surface area contributed by atoms with E-state index in [9.17, 15) is 5.26 Å². The summed E-state index contributed by atoms with van der Waals surface area (Å²) < 4.78 is 0. The molecule has 3 rings (SSSR count). The number of nitrogens with two attached hydrogens (primary N) is 1. The average molecular weight is 315 g/mol. The van der Waals surface area contributed by atoms with Crippen molar-refractivity contribution in [2.24, 2.45) is 21.7 Å². The first-order valence-corrected chi connectivity index (χ1v) is 8.95. The van der Waals surface area contributed by atoms with E-state index in [1.807, 2.05) is 0 Å². The number of nitrogen functional groups attached to an aromatic ring is 1. The Hall–Kier alpha value is -1.34. The van der Waals surface area contributed by atoms with Crippen molar-refractivity contribution in [2.75, 3.05) is 5.73 Å². The fourth-order valence-electron chi connectivity index (χ4n) is 4.01. The fraction of sp³-hybridized carbons (Fsp3) is 0.667. The third-order valence-electron chi connectivity index (χ3n) is 5.52. The quantitative estimate of drug-likeness (QED) is 0.726. The molecule has 0 amide bonds. The number of thiophene rings is 1. The van der Waals surface area contributed by atoms with E-state index in [1.165, 1.54) is 36.3 Å². The molecule has 1 fully saturated rings. The molecule has 0 saturated heterocycles. The topological polar surface area (TPSA) is 62.2 Å². The largest absolute Gasteiger partial charge is 0.397 e. The van der Waals surface area contributed by atoms with Crippen molar-refractivity contribution in [3.63, 3.8) is 0 Å². The van der Waals surface area contributed by atoms with E-state index in [1.54, 1.807) is 0 Å². The Morgan fingerprint density at radius 2 is 2.14 bits per heavy atom. The lowest BCUT2D eigenvalue weighted by Gasteiger charge is -2.39. The number of nitriles is 1. The third kappa shape index (κ3) is 2.46. The van der Waals surface area contributed by atoms with E-state index in [-0.39, 0.29) is 5.41 Å². The van der Waals surface area contributed by atoms with Crippen molar-refractivity contribution >= 4 is 27.7 Å². The van der Waals surface area contributed by atoms with Gasteiger partial charge in [-0.3, -0.25) is 0 Å². The summed E-state index contributed by atoms with van der Waals surface area (Å²) in [6, 6.07) is 2.22. The Morgan fingerprint density at radius 1 is 1.41 bits per heavy atom. The van der Waals surface area contributed by atoms with E-state index >= 15 is 0 Å². The number of nitrogens with zero attached hydrogens (tertiary/aromatic N) is 2. The molecular weight excluding hydrogens is 290 g/mol. The van der Waals surface area contributed by atoms with Gasteiger partial charge >= 0.3 is 0 Å². The molecule has 118 valence electrons. The minimum absolute atomic E-state index is 0.101. The predicted molar refractivity (Wildman–Crippen MR) is 93.8 cm³/mol. The molecule has 2 atom stereocenters. The molecule has 2 heterocycles. The van der Waals surface area contributed by atoms with Gasteiger partial charge in [0.25, 0.3) is 0 Å². The molecule has 1 aliphatic heterocycles. The van der Waals surface area contributed by atoms with Crippen LogP contribution in [0.25, 0.3) is 0 Å². The van der Waals surface area contributed by atoms with Crippen LogP contribution >= 0.6 is 11.3 Å². The molecule has 3 nitrogen and oxygen atoms in total. The average Bonchev–Trinajstić information content (AvgIpc) is 2.62. The van der Waals surface area contributed by atoms with Gasteiger partial charge in [0, 0.05) is 16.7 Å². The van der Waals surface area contributed by atoms with Crippen LogP contribution in [0.3, 0.4) is 0 Å². The van der Waals surface area contributed by atoms with Gasteiger partial charge in [-0.15, -0.1) is 11.3 Å². The second-order valence-electron chi connectivity index (χ2n) is 8.20. The molecular formula is C18H25N3S. The van der Waals surface area contributed by atoms with Crippen molar-refractivity contribution < 1.29 is 0 Å². The zero-order valence-electron chi connectivity index (χ0n) is 14.0. The van der Waals surface area contributed by atoms with Crippen LogP contribution in [-0.4, -0.2) is 5.71 Å². The molecule has 0 bridgehead atoms. The smallest absolute Gasteiger partial charge is 0.130 e. The SMILES string of the molecule is CC12Cc3c(sc(C#N)c3N)N=C1CCCC(C(C)(C)C)C2. The lowest BCUT2D eigenvalue weighted by Crippen LogP contribution is -2.35. The highest BCUT2D eigenvalue weighted by Gasteiger charge is 2.42. The van der Waals surface area contributed by atoms with Crippen LogP contribution in [-0.2, 0) is 6.42 Å². The van der Waals surface area contributed by atoms with Gasteiger partial charge in [-0.05, 0) is 43.4 Å². The van der Waals surface area contributed by atoms with Crippen LogP contribution in [0.5, 0.6) is 0 Å². The highest BCUT2D eigenvalue weighted by atomic mass is 32.1.